The van der Waals surface area contributed by atoms with Gasteiger partial charge in [0.2, 0.25) is 0 Å². The molecule has 0 radical (unpaired) electrons. The average Bonchev–Trinajstić information content (AvgIpc) is 2.94. The molecule has 1 amide bonds. The number of aliphatic hydroxyl groups is 1. The van der Waals surface area contributed by atoms with Crippen LogP contribution in [-0.4, -0.2) is 46.7 Å². The molecule has 2 N–H and O–H groups in total. The van der Waals surface area contributed by atoms with Gasteiger partial charge >= 0.3 is 5.97 Å². The smallest absolute Gasteiger partial charge is 0.313 e. The van der Waals surface area contributed by atoms with E-state index in [1.807, 2.05) is 6.92 Å². The van der Waals surface area contributed by atoms with Crippen LogP contribution in [0.15, 0.2) is 6.07 Å². The Kier molecular flexibility index (Phi) is 3.85. The number of likely N-dealkylation sites (tertiary alicyclic amines) is 1. The fourth-order valence-electron chi connectivity index (χ4n) is 2.14. The van der Waals surface area contributed by atoms with Gasteiger partial charge in [0.15, 0.2) is 0 Å². The largest absolute Gasteiger partial charge is 0.481 e. The molecule has 1 fully saturated rings. The first kappa shape index (κ1) is 14.3. The van der Waals surface area contributed by atoms with Crippen molar-refractivity contribution in [3.05, 3.63) is 20.8 Å². The van der Waals surface area contributed by atoms with Gasteiger partial charge in [-0.2, -0.15) is 0 Å². The van der Waals surface area contributed by atoms with E-state index in [2.05, 4.69) is 0 Å². The summed E-state index contributed by atoms with van der Waals surface area (Å²) >= 11 is 7.12. The van der Waals surface area contributed by atoms with E-state index in [4.69, 9.17) is 16.7 Å². The van der Waals surface area contributed by atoms with Crippen LogP contribution in [0, 0.1) is 12.3 Å². The van der Waals surface area contributed by atoms with E-state index < -0.39 is 18.0 Å². The molecule has 19 heavy (non-hydrogen) atoms. The van der Waals surface area contributed by atoms with E-state index in [1.54, 1.807) is 6.07 Å². The third kappa shape index (κ3) is 2.48. The van der Waals surface area contributed by atoms with Crippen molar-refractivity contribution in [2.75, 3.05) is 19.7 Å². The van der Waals surface area contributed by atoms with Crippen LogP contribution in [0.3, 0.4) is 0 Å². The first-order valence-corrected chi connectivity index (χ1v) is 6.98. The number of rotatable bonds is 3. The number of carboxylic acid groups (broad SMARTS) is 1. The summed E-state index contributed by atoms with van der Waals surface area (Å²) in [6.07, 6.45) is 0.267. The topological polar surface area (TPSA) is 77.8 Å². The van der Waals surface area contributed by atoms with Crippen molar-refractivity contribution in [1.29, 1.82) is 0 Å². The maximum Gasteiger partial charge on any atom is 0.313 e. The molecule has 1 atom stereocenters. The lowest BCUT2D eigenvalue weighted by Gasteiger charge is -2.21. The molecular weight excluding hydrogens is 290 g/mol. The van der Waals surface area contributed by atoms with Gasteiger partial charge in [-0.1, -0.05) is 11.6 Å². The summed E-state index contributed by atoms with van der Waals surface area (Å²) < 4.78 is 0.564. The van der Waals surface area contributed by atoms with Gasteiger partial charge in [0.05, 0.1) is 15.8 Å². The Balaban J connectivity index is 2.17. The van der Waals surface area contributed by atoms with Crippen LogP contribution >= 0.6 is 22.9 Å². The van der Waals surface area contributed by atoms with E-state index in [-0.39, 0.29) is 18.9 Å². The number of hydrogen-bond donors (Lipinski definition) is 2. The molecule has 1 aliphatic rings. The third-order valence-electron chi connectivity index (χ3n) is 3.47. The number of nitrogens with zero attached hydrogens (tertiary/aromatic N) is 1. The van der Waals surface area contributed by atoms with Gasteiger partial charge in [-0.15, -0.1) is 11.3 Å². The fraction of sp³-hybridized carbons (Fsp3) is 0.500. The molecule has 0 saturated carbocycles. The molecule has 1 unspecified atom stereocenters. The van der Waals surface area contributed by atoms with Crippen molar-refractivity contribution >= 4 is 34.8 Å². The summed E-state index contributed by atoms with van der Waals surface area (Å²) in [7, 11) is 0. The first-order chi connectivity index (χ1) is 8.89. The van der Waals surface area contributed by atoms with Crippen LogP contribution in [0.4, 0.5) is 0 Å². The third-order valence-corrected chi connectivity index (χ3v) is 5.01. The number of hydrogen-bond acceptors (Lipinski definition) is 4. The number of aliphatic hydroxyl groups excluding tert-OH is 1. The van der Waals surface area contributed by atoms with Crippen molar-refractivity contribution in [2.24, 2.45) is 5.41 Å². The normalized spacial score (nSPS) is 22.8. The maximum absolute atomic E-state index is 12.2. The zero-order valence-electron chi connectivity index (χ0n) is 10.4. The molecule has 104 valence electrons. The summed E-state index contributed by atoms with van der Waals surface area (Å²) in [4.78, 5) is 25.4. The average molecular weight is 304 g/mol. The zero-order chi connectivity index (χ0) is 14.2. The second kappa shape index (κ2) is 5.11. The van der Waals surface area contributed by atoms with Gasteiger partial charge in [0, 0.05) is 13.1 Å². The lowest BCUT2D eigenvalue weighted by Crippen LogP contribution is -2.39. The molecule has 0 aliphatic carbocycles. The van der Waals surface area contributed by atoms with Crippen molar-refractivity contribution < 1.29 is 19.8 Å². The van der Waals surface area contributed by atoms with E-state index in [0.29, 0.717) is 15.8 Å². The maximum atomic E-state index is 12.2. The molecular formula is C12H14ClNO4S. The molecule has 1 aliphatic heterocycles. The van der Waals surface area contributed by atoms with E-state index in [9.17, 15) is 14.7 Å². The molecule has 2 heterocycles. The zero-order valence-corrected chi connectivity index (χ0v) is 11.9. The Hall–Kier alpha value is -1.11. The predicted molar refractivity (Wildman–Crippen MR) is 71.7 cm³/mol. The van der Waals surface area contributed by atoms with Gasteiger partial charge in [-0.25, -0.2) is 0 Å². The van der Waals surface area contributed by atoms with Gasteiger partial charge in [0.25, 0.3) is 5.91 Å². The Bertz CT molecular complexity index is 510. The van der Waals surface area contributed by atoms with E-state index in [0.717, 1.165) is 5.56 Å². The summed E-state index contributed by atoms with van der Waals surface area (Å²) in [5.74, 6) is -1.29. The van der Waals surface area contributed by atoms with Crippen LogP contribution in [0.2, 0.25) is 4.34 Å². The summed E-state index contributed by atoms with van der Waals surface area (Å²) in [6, 6.07) is 1.70. The molecule has 1 aromatic heterocycles. The van der Waals surface area contributed by atoms with Crippen molar-refractivity contribution in [3.8, 4) is 0 Å². The molecule has 0 spiro atoms. The van der Waals surface area contributed by atoms with Crippen LogP contribution < -0.4 is 0 Å². The predicted octanol–water partition coefficient (Wildman–Crippen LogP) is 1.62. The Morgan fingerprint density at radius 1 is 1.58 bits per heavy atom. The Morgan fingerprint density at radius 2 is 2.26 bits per heavy atom. The molecule has 1 aromatic rings. The van der Waals surface area contributed by atoms with Crippen LogP contribution in [0.1, 0.15) is 21.7 Å². The standard InChI is InChI=1S/C12H14ClNO4S/c1-7-4-8(19-9(7)13)10(16)14-3-2-12(5-14,6-15)11(17)18/h4,15H,2-3,5-6H2,1H3,(H,17,18). The number of aliphatic carboxylic acids is 1. The second-order valence-electron chi connectivity index (χ2n) is 4.79. The van der Waals surface area contributed by atoms with Crippen molar-refractivity contribution in [2.45, 2.75) is 13.3 Å². The SMILES string of the molecule is Cc1cc(C(=O)N2CCC(CO)(C(=O)O)C2)sc1Cl. The number of aryl methyl sites for hydroxylation is 1. The van der Waals surface area contributed by atoms with E-state index >= 15 is 0 Å². The Labute approximate surface area is 119 Å². The van der Waals surface area contributed by atoms with Crippen LogP contribution in [0.5, 0.6) is 0 Å². The van der Waals surface area contributed by atoms with Crippen molar-refractivity contribution in [3.63, 3.8) is 0 Å². The minimum atomic E-state index is -1.23. The lowest BCUT2D eigenvalue weighted by atomic mass is 9.88. The molecule has 0 aromatic carbocycles. The highest BCUT2D eigenvalue weighted by Gasteiger charge is 2.46. The number of carboxylic acids is 1. The minimum Gasteiger partial charge on any atom is -0.481 e. The molecule has 2 rings (SSSR count). The number of halogens is 1. The molecule has 7 heteroatoms. The Morgan fingerprint density at radius 3 is 2.68 bits per heavy atom. The minimum absolute atomic E-state index is 0.0340. The van der Waals surface area contributed by atoms with Gasteiger partial charge in [-0.3, -0.25) is 9.59 Å². The van der Waals surface area contributed by atoms with Gasteiger partial charge in [0.1, 0.15) is 5.41 Å². The summed E-state index contributed by atoms with van der Waals surface area (Å²) in [5.41, 5.74) is -0.396. The van der Waals surface area contributed by atoms with E-state index in [1.165, 1.54) is 16.2 Å². The fourth-order valence-corrected chi connectivity index (χ4v) is 3.31. The number of thiophene rings is 1. The first-order valence-electron chi connectivity index (χ1n) is 5.79. The highest BCUT2D eigenvalue weighted by molar-refractivity contribution is 7.18. The van der Waals surface area contributed by atoms with Gasteiger partial charge in [-0.05, 0) is 25.0 Å². The quantitative estimate of drug-likeness (QED) is 0.889. The highest BCUT2D eigenvalue weighted by Crippen LogP contribution is 2.33. The summed E-state index contributed by atoms with van der Waals surface area (Å²) in [6.45, 7) is 1.72. The molecule has 0 bridgehead atoms. The molecule has 1 saturated heterocycles. The van der Waals surface area contributed by atoms with Gasteiger partial charge < -0.3 is 15.1 Å². The highest BCUT2D eigenvalue weighted by atomic mass is 35.5. The van der Waals surface area contributed by atoms with Crippen LogP contribution in [-0.2, 0) is 4.79 Å². The number of amides is 1. The number of carbonyl (C=O) groups excluding carboxylic acids is 1. The van der Waals surface area contributed by atoms with Crippen molar-refractivity contribution in [1.82, 2.24) is 4.90 Å². The molecule has 5 nitrogen and oxygen atoms in total. The lowest BCUT2D eigenvalue weighted by molar-refractivity contribution is -0.150. The number of carbonyl (C=O) groups is 2. The van der Waals surface area contributed by atoms with Crippen LogP contribution in [0.25, 0.3) is 0 Å². The summed E-state index contributed by atoms with van der Waals surface area (Å²) in [5, 5.41) is 18.4. The monoisotopic (exact) mass is 303 g/mol. The second-order valence-corrected chi connectivity index (χ2v) is 6.44.